The maximum atomic E-state index is 13.4. The molecule has 0 aliphatic carbocycles. The number of carbonyl (C=O) groups excluding carboxylic acids is 1. The topological polar surface area (TPSA) is 51.5 Å². The number of carbonyl (C=O) groups is 1. The predicted octanol–water partition coefficient (Wildman–Crippen LogP) is 3.36. The van der Waals surface area contributed by atoms with E-state index in [1.807, 2.05) is 0 Å². The molecule has 0 unspecified atom stereocenters. The molecule has 0 aliphatic heterocycles. The highest BCUT2D eigenvalue weighted by atomic mass is 19.1. The van der Waals surface area contributed by atoms with Gasteiger partial charge in [-0.15, -0.1) is 0 Å². The zero-order chi connectivity index (χ0) is 15.1. The van der Waals surface area contributed by atoms with Crippen LogP contribution in [0.4, 0.5) is 9.18 Å². The molecular weight excluding hydrogens is 261 g/mol. The van der Waals surface area contributed by atoms with Gasteiger partial charge >= 0.3 is 6.09 Å². The van der Waals surface area contributed by atoms with E-state index in [9.17, 15) is 14.3 Å². The lowest BCUT2D eigenvalue weighted by Gasteiger charge is -2.20. The average molecular weight is 279 g/mol. The van der Waals surface area contributed by atoms with Crippen molar-refractivity contribution in [2.45, 2.75) is 39.9 Å². The average Bonchev–Trinajstić information content (AvgIpc) is 2.59. The van der Waals surface area contributed by atoms with E-state index in [-0.39, 0.29) is 6.61 Å². The van der Waals surface area contributed by atoms with E-state index in [0.29, 0.717) is 11.2 Å². The van der Waals surface area contributed by atoms with Crippen molar-refractivity contribution in [3.8, 4) is 0 Å². The highest BCUT2D eigenvalue weighted by Crippen LogP contribution is 2.27. The summed E-state index contributed by atoms with van der Waals surface area (Å²) in [4.78, 5) is 12.3. The van der Waals surface area contributed by atoms with Gasteiger partial charge in [-0.05, 0) is 51.5 Å². The van der Waals surface area contributed by atoms with Gasteiger partial charge in [0.15, 0.2) is 0 Å². The van der Waals surface area contributed by atoms with Crippen LogP contribution in [0.5, 0.6) is 0 Å². The molecule has 1 N–H and O–H groups in total. The van der Waals surface area contributed by atoms with Crippen LogP contribution in [0.3, 0.4) is 0 Å². The number of aliphatic hydroxyl groups excluding tert-OH is 1. The van der Waals surface area contributed by atoms with E-state index >= 15 is 0 Å². The fourth-order valence-electron chi connectivity index (χ4n) is 2.18. The highest BCUT2D eigenvalue weighted by molar-refractivity contribution is 5.93. The molecule has 5 heteroatoms. The first-order valence-corrected chi connectivity index (χ1v) is 6.38. The molecule has 1 aromatic heterocycles. The normalized spacial score (nSPS) is 11.9. The molecule has 0 saturated carbocycles. The second kappa shape index (κ2) is 4.90. The third-order valence-corrected chi connectivity index (χ3v) is 3.03. The number of hydrogen-bond donors (Lipinski definition) is 1. The molecule has 4 nitrogen and oxygen atoms in total. The number of hydrogen-bond acceptors (Lipinski definition) is 3. The van der Waals surface area contributed by atoms with Crippen molar-refractivity contribution in [3.05, 3.63) is 35.3 Å². The molecule has 1 aromatic carbocycles. The number of rotatable bonds is 1. The van der Waals surface area contributed by atoms with E-state index in [0.717, 1.165) is 10.9 Å². The van der Waals surface area contributed by atoms with Gasteiger partial charge in [-0.25, -0.2) is 13.8 Å². The SMILES string of the molecule is Cc1c(CO)n(C(=O)OC(C)(C)C)c2cc(F)ccc12. The Morgan fingerprint density at radius 1 is 1.40 bits per heavy atom. The molecule has 0 spiro atoms. The summed E-state index contributed by atoms with van der Waals surface area (Å²) >= 11 is 0. The smallest absolute Gasteiger partial charge is 0.419 e. The van der Waals surface area contributed by atoms with Crippen molar-refractivity contribution in [3.63, 3.8) is 0 Å². The summed E-state index contributed by atoms with van der Waals surface area (Å²) in [6.07, 6.45) is -0.620. The van der Waals surface area contributed by atoms with Crippen LogP contribution in [0.25, 0.3) is 10.9 Å². The zero-order valence-electron chi connectivity index (χ0n) is 12.0. The molecule has 2 rings (SSSR count). The Morgan fingerprint density at radius 2 is 2.05 bits per heavy atom. The molecule has 0 radical (unpaired) electrons. The first-order chi connectivity index (χ1) is 9.24. The number of ether oxygens (including phenoxy) is 1. The number of aliphatic hydroxyl groups is 1. The molecule has 20 heavy (non-hydrogen) atoms. The van der Waals surface area contributed by atoms with Crippen LogP contribution in [-0.2, 0) is 11.3 Å². The minimum atomic E-state index is -0.665. The fourth-order valence-corrected chi connectivity index (χ4v) is 2.18. The lowest BCUT2D eigenvalue weighted by Crippen LogP contribution is -2.28. The summed E-state index contributed by atoms with van der Waals surface area (Å²) in [5.41, 5.74) is 0.899. The van der Waals surface area contributed by atoms with Gasteiger partial charge in [0.25, 0.3) is 0 Å². The predicted molar refractivity (Wildman–Crippen MR) is 74.2 cm³/mol. The highest BCUT2D eigenvalue weighted by Gasteiger charge is 2.24. The van der Waals surface area contributed by atoms with Crippen LogP contribution in [0.15, 0.2) is 18.2 Å². The van der Waals surface area contributed by atoms with E-state index < -0.39 is 17.5 Å². The lowest BCUT2D eigenvalue weighted by molar-refractivity contribution is 0.0533. The molecule has 0 bridgehead atoms. The summed E-state index contributed by atoms with van der Waals surface area (Å²) in [5.74, 6) is -0.440. The summed E-state index contributed by atoms with van der Waals surface area (Å²) in [6, 6.07) is 4.20. The third kappa shape index (κ3) is 2.54. The van der Waals surface area contributed by atoms with Gasteiger partial charge in [-0.2, -0.15) is 0 Å². The minimum Gasteiger partial charge on any atom is -0.443 e. The minimum absolute atomic E-state index is 0.318. The number of nitrogens with zero attached hydrogens (tertiary/aromatic N) is 1. The van der Waals surface area contributed by atoms with Crippen molar-refractivity contribution in [2.75, 3.05) is 0 Å². The van der Waals surface area contributed by atoms with Crippen molar-refractivity contribution >= 4 is 17.0 Å². The lowest BCUT2D eigenvalue weighted by atomic mass is 10.1. The van der Waals surface area contributed by atoms with Crippen molar-refractivity contribution in [1.29, 1.82) is 0 Å². The monoisotopic (exact) mass is 279 g/mol. The van der Waals surface area contributed by atoms with Crippen LogP contribution in [0, 0.1) is 12.7 Å². The number of halogens is 1. The van der Waals surface area contributed by atoms with E-state index in [2.05, 4.69) is 0 Å². The second-order valence-electron chi connectivity index (χ2n) is 5.71. The molecule has 0 saturated heterocycles. The molecule has 0 amide bonds. The number of benzene rings is 1. The first kappa shape index (κ1) is 14.5. The standard InChI is InChI=1S/C15H18FNO3/c1-9-11-6-5-10(16)7-12(11)17(13(9)8-18)14(19)20-15(2,3)4/h5-7,18H,8H2,1-4H3. The molecule has 108 valence electrons. The Hall–Kier alpha value is -1.88. The number of fused-ring (bicyclic) bond motifs is 1. The van der Waals surface area contributed by atoms with Crippen LogP contribution in [0.1, 0.15) is 32.0 Å². The van der Waals surface area contributed by atoms with Gasteiger partial charge in [-0.1, -0.05) is 0 Å². The van der Waals surface area contributed by atoms with E-state index in [1.54, 1.807) is 33.8 Å². The summed E-state index contributed by atoms with van der Waals surface area (Å²) in [7, 11) is 0. The zero-order valence-corrected chi connectivity index (χ0v) is 12.0. The number of aromatic nitrogens is 1. The van der Waals surface area contributed by atoms with Gasteiger partial charge in [0.2, 0.25) is 0 Å². The van der Waals surface area contributed by atoms with Crippen LogP contribution >= 0.6 is 0 Å². The number of aryl methyl sites for hydroxylation is 1. The summed E-state index contributed by atoms with van der Waals surface area (Å²) in [5, 5.41) is 10.2. The first-order valence-electron chi connectivity index (χ1n) is 6.38. The molecule has 0 atom stereocenters. The Kier molecular flexibility index (Phi) is 3.56. The van der Waals surface area contributed by atoms with Crippen LogP contribution in [-0.4, -0.2) is 21.4 Å². The quantitative estimate of drug-likeness (QED) is 0.870. The van der Waals surface area contributed by atoms with Gasteiger partial charge in [0.1, 0.15) is 11.4 Å². The van der Waals surface area contributed by atoms with Gasteiger partial charge in [0.05, 0.1) is 17.8 Å². The van der Waals surface area contributed by atoms with Gasteiger partial charge < -0.3 is 9.84 Å². The molecule has 1 heterocycles. The van der Waals surface area contributed by atoms with E-state index in [4.69, 9.17) is 4.74 Å². The van der Waals surface area contributed by atoms with Gasteiger partial charge in [0, 0.05) is 5.39 Å². The molecular formula is C15H18FNO3. The van der Waals surface area contributed by atoms with Crippen LogP contribution < -0.4 is 0 Å². The Balaban J connectivity index is 2.67. The van der Waals surface area contributed by atoms with Crippen molar-refractivity contribution < 1.29 is 19.0 Å². The van der Waals surface area contributed by atoms with Crippen molar-refractivity contribution in [2.24, 2.45) is 0 Å². The summed E-state index contributed by atoms with van der Waals surface area (Å²) in [6.45, 7) is 6.72. The van der Waals surface area contributed by atoms with Crippen LogP contribution in [0.2, 0.25) is 0 Å². The maximum Gasteiger partial charge on any atom is 0.419 e. The Bertz CT molecular complexity index is 668. The fraction of sp³-hybridized carbons (Fsp3) is 0.400. The Morgan fingerprint density at radius 3 is 2.60 bits per heavy atom. The Labute approximate surface area is 116 Å². The third-order valence-electron chi connectivity index (χ3n) is 3.03. The molecule has 0 aliphatic rings. The maximum absolute atomic E-state index is 13.4. The van der Waals surface area contributed by atoms with E-state index in [1.165, 1.54) is 16.7 Å². The molecule has 2 aromatic rings. The largest absolute Gasteiger partial charge is 0.443 e. The van der Waals surface area contributed by atoms with Gasteiger partial charge in [-0.3, -0.25) is 0 Å². The molecule has 0 fully saturated rings. The summed E-state index contributed by atoms with van der Waals surface area (Å²) < 4.78 is 20.0. The second-order valence-corrected chi connectivity index (χ2v) is 5.71. The van der Waals surface area contributed by atoms with Crippen molar-refractivity contribution in [1.82, 2.24) is 4.57 Å².